The Kier molecular flexibility index (Phi) is 3.08. The van der Waals surface area contributed by atoms with Gasteiger partial charge in [-0.05, 0) is 50.9 Å². The summed E-state index contributed by atoms with van der Waals surface area (Å²) in [5, 5.41) is 0. The van der Waals surface area contributed by atoms with Crippen molar-refractivity contribution < 1.29 is 0 Å². The van der Waals surface area contributed by atoms with Crippen LogP contribution in [0.2, 0.25) is 0 Å². The fourth-order valence-corrected chi connectivity index (χ4v) is 2.67. The van der Waals surface area contributed by atoms with Gasteiger partial charge in [-0.25, -0.2) is 0 Å². The molecular weight excluding hydrogens is 156 g/mol. The minimum absolute atomic E-state index is 1.04. The third-order valence-electron chi connectivity index (χ3n) is 3.50. The van der Waals surface area contributed by atoms with E-state index in [9.17, 15) is 0 Å². The summed E-state index contributed by atoms with van der Waals surface area (Å²) in [7, 11) is 0. The van der Waals surface area contributed by atoms with Crippen LogP contribution in [0, 0.1) is 5.92 Å². The summed E-state index contributed by atoms with van der Waals surface area (Å²) in [6.07, 6.45) is 13.0. The van der Waals surface area contributed by atoms with E-state index >= 15 is 0 Å². The molecule has 2 fully saturated rings. The maximum Gasteiger partial charge on any atom is -0.0200 e. The molecule has 0 heteroatoms. The molecule has 0 atom stereocenters. The zero-order chi connectivity index (χ0) is 9.10. The Hall–Kier alpha value is -0.260. The summed E-state index contributed by atoms with van der Waals surface area (Å²) in [5.41, 5.74) is 3.76. The molecule has 0 spiro atoms. The molecule has 0 amide bonds. The van der Waals surface area contributed by atoms with Gasteiger partial charge in [-0.15, -0.1) is 0 Å². The van der Waals surface area contributed by atoms with E-state index in [4.69, 9.17) is 0 Å². The Morgan fingerprint density at radius 2 is 1.85 bits per heavy atom. The smallest absolute Gasteiger partial charge is 0.0200 e. The van der Waals surface area contributed by atoms with Crippen LogP contribution in [0.3, 0.4) is 0 Å². The Morgan fingerprint density at radius 3 is 2.38 bits per heavy atom. The topological polar surface area (TPSA) is 0 Å². The molecular formula is C13H22. The summed E-state index contributed by atoms with van der Waals surface area (Å²) in [5.74, 6) is 1.04. The monoisotopic (exact) mass is 178 g/mol. The molecule has 0 radical (unpaired) electrons. The highest BCUT2D eigenvalue weighted by Crippen LogP contribution is 2.43. The SMILES string of the molecule is CCCC(=C1CCCCC1)C1CC1. The first-order valence-electron chi connectivity index (χ1n) is 6.12. The molecule has 2 aliphatic rings. The van der Waals surface area contributed by atoms with E-state index in [1.54, 1.807) is 0 Å². The van der Waals surface area contributed by atoms with Crippen LogP contribution < -0.4 is 0 Å². The molecule has 0 aliphatic heterocycles. The van der Waals surface area contributed by atoms with Crippen molar-refractivity contribution >= 4 is 0 Å². The van der Waals surface area contributed by atoms with Crippen molar-refractivity contribution in [3.63, 3.8) is 0 Å². The standard InChI is InChI=1S/C13H22/c1-2-6-13(12-9-10-12)11-7-4-3-5-8-11/h12H,2-10H2,1H3. The highest BCUT2D eigenvalue weighted by Gasteiger charge is 2.27. The lowest BCUT2D eigenvalue weighted by Gasteiger charge is -2.19. The molecule has 2 aliphatic carbocycles. The van der Waals surface area contributed by atoms with Crippen LogP contribution in [0.5, 0.6) is 0 Å². The average molecular weight is 178 g/mol. The van der Waals surface area contributed by atoms with Gasteiger partial charge in [0.05, 0.1) is 0 Å². The molecule has 0 N–H and O–H groups in total. The van der Waals surface area contributed by atoms with Crippen LogP contribution in [-0.4, -0.2) is 0 Å². The summed E-state index contributed by atoms with van der Waals surface area (Å²) in [6.45, 7) is 2.33. The van der Waals surface area contributed by atoms with Gasteiger partial charge < -0.3 is 0 Å². The molecule has 0 saturated heterocycles. The summed E-state index contributed by atoms with van der Waals surface area (Å²) < 4.78 is 0. The average Bonchev–Trinajstić information content (AvgIpc) is 2.99. The van der Waals surface area contributed by atoms with Crippen LogP contribution in [0.25, 0.3) is 0 Å². The van der Waals surface area contributed by atoms with Gasteiger partial charge in [0.25, 0.3) is 0 Å². The van der Waals surface area contributed by atoms with Crippen LogP contribution in [0.4, 0.5) is 0 Å². The van der Waals surface area contributed by atoms with E-state index in [1.807, 2.05) is 11.1 Å². The first kappa shape index (κ1) is 9.30. The Bertz CT molecular complexity index is 188. The largest absolute Gasteiger partial charge is 0.0707 e. The molecule has 0 bridgehead atoms. The molecule has 0 nitrogen and oxygen atoms in total. The second-order valence-corrected chi connectivity index (χ2v) is 4.71. The quantitative estimate of drug-likeness (QED) is 0.560. The van der Waals surface area contributed by atoms with Gasteiger partial charge in [-0.2, -0.15) is 0 Å². The summed E-state index contributed by atoms with van der Waals surface area (Å²) in [6, 6.07) is 0. The maximum atomic E-state index is 2.33. The third-order valence-corrected chi connectivity index (χ3v) is 3.50. The molecule has 13 heavy (non-hydrogen) atoms. The Labute approximate surface area is 82.4 Å². The van der Waals surface area contributed by atoms with Gasteiger partial charge in [-0.1, -0.05) is 30.9 Å². The summed E-state index contributed by atoms with van der Waals surface area (Å²) in [4.78, 5) is 0. The van der Waals surface area contributed by atoms with Crippen molar-refractivity contribution in [3.8, 4) is 0 Å². The van der Waals surface area contributed by atoms with Gasteiger partial charge in [0.2, 0.25) is 0 Å². The van der Waals surface area contributed by atoms with Crippen molar-refractivity contribution in [1.29, 1.82) is 0 Å². The van der Waals surface area contributed by atoms with Crippen LogP contribution in [0.1, 0.15) is 64.7 Å². The van der Waals surface area contributed by atoms with Crippen molar-refractivity contribution in [3.05, 3.63) is 11.1 Å². The predicted octanol–water partition coefficient (Wildman–Crippen LogP) is 4.46. The van der Waals surface area contributed by atoms with E-state index in [0.717, 1.165) is 5.92 Å². The van der Waals surface area contributed by atoms with E-state index in [0.29, 0.717) is 0 Å². The Morgan fingerprint density at radius 1 is 1.15 bits per heavy atom. The van der Waals surface area contributed by atoms with Crippen molar-refractivity contribution in [2.24, 2.45) is 5.92 Å². The minimum Gasteiger partial charge on any atom is -0.0707 e. The van der Waals surface area contributed by atoms with Crippen LogP contribution >= 0.6 is 0 Å². The molecule has 0 aromatic rings. The third kappa shape index (κ3) is 2.36. The molecule has 74 valence electrons. The number of rotatable bonds is 3. The van der Waals surface area contributed by atoms with Gasteiger partial charge >= 0.3 is 0 Å². The molecule has 0 aromatic carbocycles. The highest BCUT2D eigenvalue weighted by molar-refractivity contribution is 5.22. The van der Waals surface area contributed by atoms with Gasteiger partial charge in [0, 0.05) is 0 Å². The second-order valence-electron chi connectivity index (χ2n) is 4.71. The fourth-order valence-electron chi connectivity index (χ4n) is 2.67. The molecule has 2 rings (SSSR count). The minimum atomic E-state index is 1.04. The normalized spacial score (nSPS) is 23.3. The fraction of sp³-hybridized carbons (Fsp3) is 0.846. The predicted molar refractivity (Wildman–Crippen MR) is 57.7 cm³/mol. The van der Waals surface area contributed by atoms with Crippen molar-refractivity contribution in [1.82, 2.24) is 0 Å². The highest BCUT2D eigenvalue weighted by atomic mass is 14.3. The second kappa shape index (κ2) is 4.30. The maximum absolute atomic E-state index is 2.33. The zero-order valence-corrected chi connectivity index (χ0v) is 8.94. The van der Waals surface area contributed by atoms with Crippen molar-refractivity contribution in [2.75, 3.05) is 0 Å². The van der Waals surface area contributed by atoms with Gasteiger partial charge in [0.1, 0.15) is 0 Å². The lowest BCUT2D eigenvalue weighted by molar-refractivity contribution is 0.581. The van der Waals surface area contributed by atoms with Gasteiger partial charge in [-0.3, -0.25) is 0 Å². The van der Waals surface area contributed by atoms with E-state index < -0.39 is 0 Å². The first-order chi connectivity index (χ1) is 6.42. The lowest BCUT2D eigenvalue weighted by atomic mass is 9.87. The van der Waals surface area contributed by atoms with Crippen molar-refractivity contribution in [2.45, 2.75) is 64.7 Å². The summed E-state index contributed by atoms with van der Waals surface area (Å²) >= 11 is 0. The zero-order valence-electron chi connectivity index (χ0n) is 8.94. The molecule has 0 unspecified atom stereocenters. The molecule has 0 heterocycles. The van der Waals surface area contributed by atoms with E-state index in [-0.39, 0.29) is 0 Å². The molecule has 0 aromatic heterocycles. The van der Waals surface area contributed by atoms with Crippen LogP contribution in [0.15, 0.2) is 11.1 Å². The van der Waals surface area contributed by atoms with E-state index in [2.05, 4.69) is 6.92 Å². The van der Waals surface area contributed by atoms with Crippen LogP contribution in [-0.2, 0) is 0 Å². The molecule has 2 saturated carbocycles. The van der Waals surface area contributed by atoms with E-state index in [1.165, 1.54) is 57.8 Å². The Balaban J connectivity index is 2.04. The lowest BCUT2D eigenvalue weighted by Crippen LogP contribution is -2.00. The number of hydrogen-bond donors (Lipinski definition) is 0. The number of allylic oxidation sites excluding steroid dienone is 2. The number of hydrogen-bond acceptors (Lipinski definition) is 0. The van der Waals surface area contributed by atoms with Gasteiger partial charge in [0.15, 0.2) is 0 Å². The first-order valence-corrected chi connectivity index (χ1v) is 6.12.